The molecule has 5 nitrogen and oxygen atoms in total. The number of amides is 1. The number of rotatable bonds is 6. The second-order valence-corrected chi connectivity index (χ2v) is 8.77. The number of likely N-dealkylation sites (tertiary alicyclic amines) is 1. The molecule has 1 aliphatic heterocycles. The van der Waals surface area contributed by atoms with E-state index >= 15 is 0 Å². The van der Waals surface area contributed by atoms with Crippen molar-refractivity contribution in [1.82, 2.24) is 19.9 Å². The molecule has 5 rings (SSSR count). The van der Waals surface area contributed by atoms with Gasteiger partial charge in [0, 0.05) is 43.7 Å². The lowest BCUT2D eigenvalue weighted by molar-refractivity contribution is -0.132. The second kappa shape index (κ2) is 9.53. The summed E-state index contributed by atoms with van der Waals surface area (Å²) >= 11 is 0. The number of nitrogens with one attached hydrogen (secondary N) is 1. The predicted molar refractivity (Wildman–Crippen MR) is 126 cm³/mol. The fraction of sp³-hybridized carbons (Fsp3) is 0.296. The summed E-state index contributed by atoms with van der Waals surface area (Å²) in [7, 11) is 0. The molecule has 168 valence electrons. The molecule has 1 N–H and O–H groups in total. The molecule has 3 heterocycles. The van der Waals surface area contributed by atoms with Crippen molar-refractivity contribution in [3.05, 3.63) is 95.3 Å². The maximum atomic E-state index is 13.1. The number of hydrogen-bond acceptors (Lipinski definition) is 3. The molecule has 2 aromatic heterocycles. The third-order valence-corrected chi connectivity index (χ3v) is 6.38. The molecule has 1 saturated heterocycles. The monoisotopic (exact) mass is 442 g/mol. The van der Waals surface area contributed by atoms with Crippen molar-refractivity contribution in [2.24, 2.45) is 0 Å². The number of hydrogen-bond donors (Lipinski definition) is 1. The predicted octanol–water partition coefficient (Wildman–Crippen LogP) is 5.03. The number of carbonyl (C=O) groups is 1. The number of imidazole rings is 1. The van der Waals surface area contributed by atoms with Crippen LogP contribution in [0.1, 0.15) is 47.8 Å². The van der Waals surface area contributed by atoms with Crippen molar-refractivity contribution < 1.29 is 9.18 Å². The van der Waals surface area contributed by atoms with Gasteiger partial charge in [0.25, 0.3) is 0 Å². The van der Waals surface area contributed by atoms with E-state index in [0.717, 1.165) is 59.5 Å². The van der Waals surface area contributed by atoms with Crippen LogP contribution in [0.4, 0.5) is 4.39 Å². The Bertz CT molecular complexity index is 1200. The van der Waals surface area contributed by atoms with E-state index in [0.29, 0.717) is 19.4 Å². The quantitative estimate of drug-likeness (QED) is 0.456. The number of H-pyrrole nitrogens is 1. The first-order valence-corrected chi connectivity index (χ1v) is 11.5. The van der Waals surface area contributed by atoms with Crippen LogP contribution in [0.5, 0.6) is 0 Å². The van der Waals surface area contributed by atoms with Gasteiger partial charge in [-0.2, -0.15) is 0 Å². The molecule has 0 spiro atoms. The zero-order valence-corrected chi connectivity index (χ0v) is 18.5. The first kappa shape index (κ1) is 21.3. The summed E-state index contributed by atoms with van der Waals surface area (Å²) in [5.74, 6) is 1.07. The number of aromatic nitrogens is 3. The van der Waals surface area contributed by atoms with E-state index < -0.39 is 0 Å². The van der Waals surface area contributed by atoms with E-state index in [1.807, 2.05) is 35.4 Å². The Hall–Kier alpha value is -3.54. The zero-order valence-electron chi connectivity index (χ0n) is 18.5. The highest BCUT2D eigenvalue weighted by Gasteiger charge is 2.25. The molecular formula is C27H27FN4O. The molecular weight excluding hydrogens is 415 g/mol. The zero-order chi connectivity index (χ0) is 22.6. The number of carbonyl (C=O) groups excluding carboxylic acids is 1. The summed E-state index contributed by atoms with van der Waals surface area (Å²) in [6, 6.07) is 18.7. The number of aromatic amines is 1. The topological polar surface area (TPSA) is 61.9 Å². The molecule has 4 aromatic rings. The molecule has 1 atom stereocenters. The van der Waals surface area contributed by atoms with Crippen LogP contribution in [0.3, 0.4) is 0 Å². The number of halogens is 1. The van der Waals surface area contributed by atoms with Crippen LogP contribution >= 0.6 is 0 Å². The van der Waals surface area contributed by atoms with Crippen molar-refractivity contribution in [2.45, 2.75) is 38.0 Å². The highest BCUT2D eigenvalue weighted by molar-refractivity contribution is 5.77. The number of piperidine rings is 1. The minimum Gasteiger partial charge on any atom is -0.342 e. The molecule has 0 bridgehead atoms. The smallest absolute Gasteiger partial charge is 0.223 e. The van der Waals surface area contributed by atoms with Crippen LogP contribution in [-0.2, 0) is 17.6 Å². The number of benzene rings is 2. The first-order valence-electron chi connectivity index (χ1n) is 11.5. The molecule has 0 aliphatic carbocycles. The summed E-state index contributed by atoms with van der Waals surface area (Å²) in [5, 5.41) is 0. The molecule has 0 unspecified atom stereocenters. The van der Waals surface area contributed by atoms with Crippen LogP contribution in [-0.4, -0.2) is 38.8 Å². The number of para-hydroxylation sites is 2. The van der Waals surface area contributed by atoms with Gasteiger partial charge in [-0.25, -0.2) is 9.37 Å². The summed E-state index contributed by atoms with van der Waals surface area (Å²) < 4.78 is 13.1. The van der Waals surface area contributed by atoms with Crippen LogP contribution in [0.15, 0.2) is 66.9 Å². The number of pyridine rings is 1. The number of nitrogens with zero attached hydrogens (tertiary/aromatic N) is 3. The largest absolute Gasteiger partial charge is 0.342 e. The third-order valence-electron chi connectivity index (χ3n) is 6.38. The van der Waals surface area contributed by atoms with E-state index in [1.165, 1.54) is 12.1 Å². The van der Waals surface area contributed by atoms with Crippen molar-refractivity contribution in [3.63, 3.8) is 0 Å². The van der Waals surface area contributed by atoms with Gasteiger partial charge in [-0.15, -0.1) is 0 Å². The molecule has 2 aromatic carbocycles. The Kier molecular flexibility index (Phi) is 6.15. The summed E-state index contributed by atoms with van der Waals surface area (Å²) in [5.41, 5.74) is 5.14. The van der Waals surface area contributed by atoms with Gasteiger partial charge in [0.2, 0.25) is 5.91 Å². The lowest BCUT2D eigenvalue weighted by Gasteiger charge is -2.32. The Morgan fingerprint density at radius 1 is 1.06 bits per heavy atom. The van der Waals surface area contributed by atoms with Gasteiger partial charge in [0.05, 0.1) is 11.0 Å². The first-order chi connectivity index (χ1) is 16.1. The Balaban J connectivity index is 1.17. The maximum absolute atomic E-state index is 13.1. The van der Waals surface area contributed by atoms with Gasteiger partial charge in [-0.1, -0.05) is 30.3 Å². The molecule has 1 fully saturated rings. The van der Waals surface area contributed by atoms with Crippen molar-refractivity contribution in [1.29, 1.82) is 0 Å². The van der Waals surface area contributed by atoms with Crippen LogP contribution in [0, 0.1) is 5.82 Å². The normalized spacial score (nSPS) is 16.3. The van der Waals surface area contributed by atoms with Gasteiger partial charge in [-0.05, 0) is 60.7 Å². The highest BCUT2D eigenvalue weighted by Crippen LogP contribution is 2.26. The van der Waals surface area contributed by atoms with Gasteiger partial charge in [0.1, 0.15) is 11.6 Å². The van der Waals surface area contributed by atoms with Gasteiger partial charge < -0.3 is 9.88 Å². The van der Waals surface area contributed by atoms with Crippen LogP contribution in [0.2, 0.25) is 0 Å². The molecule has 6 heteroatoms. The van der Waals surface area contributed by atoms with Crippen molar-refractivity contribution >= 4 is 16.9 Å². The molecule has 33 heavy (non-hydrogen) atoms. The molecule has 1 amide bonds. The van der Waals surface area contributed by atoms with Crippen molar-refractivity contribution in [2.75, 3.05) is 13.1 Å². The summed E-state index contributed by atoms with van der Waals surface area (Å²) in [6.07, 6.45) is 5.73. The minimum absolute atomic E-state index is 0.174. The average molecular weight is 443 g/mol. The fourth-order valence-electron chi connectivity index (χ4n) is 4.57. The van der Waals surface area contributed by atoms with Gasteiger partial charge in [0.15, 0.2) is 0 Å². The minimum atomic E-state index is -0.221. The average Bonchev–Trinajstić information content (AvgIpc) is 3.28. The Labute approximate surface area is 192 Å². The van der Waals surface area contributed by atoms with Crippen LogP contribution in [0.25, 0.3) is 11.0 Å². The van der Waals surface area contributed by atoms with Gasteiger partial charge in [-0.3, -0.25) is 9.78 Å². The lowest BCUT2D eigenvalue weighted by atomic mass is 9.93. The SMILES string of the molecule is O=C(CCc1nc2ccccc2[nH]1)N1CCC[C@@H](c2ccc(Cc3ccc(F)cc3)cn2)C1. The molecule has 0 radical (unpaired) electrons. The molecule has 0 saturated carbocycles. The van der Waals surface area contributed by atoms with Gasteiger partial charge >= 0.3 is 0 Å². The van der Waals surface area contributed by atoms with E-state index in [2.05, 4.69) is 22.1 Å². The Morgan fingerprint density at radius 2 is 1.88 bits per heavy atom. The van der Waals surface area contributed by atoms with E-state index in [4.69, 9.17) is 4.98 Å². The highest BCUT2D eigenvalue weighted by atomic mass is 19.1. The maximum Gasteiger partial charge on any atom is 0.223 e. The van der Waals surface area contributed by atoms with Crippen molar-refractivity contribution in [3.8, 4) is 0 Å². The number of aryl methyl sites for hydroxylation is 1. The standard InChI is InChI=1S/C27H27FN4O/c28-22-10-7-19(8-11-22)16-20-9-12-23(29-17-20)21-4-3-15-32(18-21)27(33)14-13-26-30-24-5-1-2-6-25(24)31-26/h1-2,5-12,17,21H,3-4,13-16,18H2,(H,30,31)/t21-/m1/s1. The summed E-state index contributed by atoms with van der Waals surface area (Å²) in [6.45, 7) is 1.52. The second-order valence-electron chi connectivity index (χ2n) is 8.77. The number of fused-ring (bicyclic) bond motifs is 1. The summed E-state index contributed by atoms with van der Waals surface area (Å²) in [4.78, 5) is 27.4. The third kappa shape index (κ3) is 5.11. The van der Waals surface area contributed by atoms with E-state index in [1.54, 1.807) is 12.1 Å². The fourth-order valence-corrected chi connectivity index (χ4v) is 4.57. The molecule has 1 aliphatic rings. The lowest BCUT2D eigenvalue weighted by Crippen LogP contribution is -2.39. The Morgan fingerprint density at radius 3 is 2.67 bits per heavy atom. The van der Waals surface area contributed by atoms with E-state index in [9.17, 15) is 9.18 Å². The van der Waals surface area contributed by atoms with E-state index in [-0.39, 0.29) is 17.6 Å². The van der Waals surface area contributed by atoms with Crippen LogP contribution < -0.4 is 0 Å².